The van der Waals surface area contributed by atoms with Crippen molar-refractivity contribution < 1.29 is 28.6 Å². The van der Waals surface area contributed by atoms with Crippen LogP contribution in [0.5, 0.6) is 5.75 Å². The highest BCUT2D eigenvalue weighted by Gasteiger charge is 2.44. The van der Waals surface area contributed by atoms with Crippen molar-refractivity contribution in [2.75, 3.05) is 0 Å². The molecular weight excluding hydrogens is 478 g/mol. The summed E-state index contributed by atoms with van der Waals surface area (Å²) in [7, 11) is 0. The number of phenolic OH excluding ortho intramolecular Hbond substituents is 1. The Morgan fingerprint density at radius 1 is 1.06 bits per heavy atom. The van der Waals surface area contributed by atoms with E-state index in [0.29, 0.717) is 22.3 Å². The fourth-order valence-electron chi connectivity index (χ4n) is 3.88. The molecule has 0 saturated heterocycles. The number of ketones is 1. The van der Waals surface area contributed by atoms with Gasteiger partial charge >= 0.3 is 0 Å². The number of halogens is 1. The monoisotopic (exact) mass is 493 g/mol. The van der Waals surface area contributed by atoms with Crippen LogP contribution in [0, 0.1) is 0 Å². The van der Waals surface area contributed by atoms with E-state index in [4.69, 9.17) is 8.83 Å². The third kappa shape index (κ3) is 3.38. The van der Waals surface area contributed by atoms with Crippen LogP contribution in [-0.2, 0) is 11.3 Å². The number of phenols is 1. The van der Waals surface area contributed by atoms with Crippen LogP contribution in [-0.4, -0.2) is 26.8 Å². The number of rotatable bonds is 5. The smallest absolute Gasteiger partial charge is 0.290 e. The molecule has 0 saturated carbocycles. The fourth-order valence-corrected chi connectivity index (χ4v) is 4.26. The van der Waals surface area contributed by atoms with E-state index in [-0.39, 0.29) is 23.6 Å². The number of fused-ring (bicyclic) bond motifs is 1. The SMILES string of the molecule is O=C(C1=C(O)C(=O)N(Cc2ccco2)C1c1ccc(O)cc1)c1cc2cc(Br)ccc2o1. The number of aliphatic hydroxyl groups is 1. The summed E-state index contributed by atoms with van der Waals surface area (Å²) < 4.78 is 11.9. The van der Waals surface area contributed by atoms with E-state index < -0.39 is 23.5 Å². The second kappa shape index (κ2) is 7.72. The van der Waals surface area contributed by atoms with E-state index in [1.54, 1.807) is 42.5 Å². The number of carbonyl (C=O) groups is 2. The summed E-state index contributed by atoms with van der Waals surface area (Å²) in [5.74, 6) is -1.38. The first-order chi connectivity index (χ1) is 15.4. The molecule has 1 amide bonds. The van der Waals surface area contributed by atoms with Gasteiger partial charge in [0.05, 0.1) is 24.4 Å². The lowest BCUT2D eigenvalue weighted by Crippen LogP contribution is -2.30. The number of furan rings is 2. The van der Waals surface area contributed by atoms with Gasteiger partial charge in [0.25, 0.3) is 5.91 Å². The van der Waals surface area contributed by atoms with Crippen molar-refractivity contribution in [1.29, 1.82) is 0 Å². The summed E-state index contributed by atoms with van der Waals surface area (Å²) in [6.07, 6.45) is 1.48. The molecule has 4 aromatic rings. The summed E-state index contributed by atoms with van der Waals surface area (Å²) in [5, 5.41) is 21.1. The Morgan fingerprint density at radius 3 is 2.56 bits per heavy atom. The quantitative estimate of drug-likeness (QED) is 0.367. The van der Waals surface area contributed by atoms with Crippen molar-refractivity contribution >= 4 is 38.6 Å². The first kappa shape index (κ1) is 20.1. The molecule has 0 radical (unpaired) electrons. The second-order valence-corrected chi connectivity index (χ2v) is 8.31. The van der Waals surface area contributed by atoms with Crippen LogP contribution in [0.25, 0.3) is 11.0 Å². The first-order valence-corrected chi connectivity index (χ1v) is 10.5. The fraction of sp³-hybridized carbons (Fsp3) is 0.0833. The van der Waals surface area contributed by atoms with Gasteiger partial charge in [0, 0.05) is 9.86 Å². The largest absolute Gasteiger partial charge is 0.508 e. The Labute approximate surface area is 190 Å². The van der Waals surface area contributed by atoms with Crippen molar-refractivity contribution in [3.63, 3.8) is 0 Å². The van der Waals surface area contributed by atoms with Crippen molar-refractivity contribution in [2.24, 2.45) is 0 Å². The number of amides is 1. The minimum absolute atomic E-state index is 0.0103. The van der Waals surface area contributed by atoms with E-state index in [9.17, 15) is 19.8 Å². The zero-order valence-corrected chi connectivity index (χ0v) is 18.1. The van der Waals surface area contributed by atoms with Gasteiger partial charge in [-0.2, -0.15) is 0 Å². The topological polar surface area (TPSA) is 104 Å². The predicted molar refractivity (Wildman–Crippen MR) is 118 cm³/mol. The number of carbonyl (C=O) groups excluding carboxylic acids is 2. The van der Waals surface area contributed by atoms with Gasteiger partial charge in [0.2, 0.25) is 5.78 Å². The zero-order valence-electron chi connectivity index (χ0n) is 16.5. The Bertz CT molecular complexity index is 1370. The van der Waals surface area contributed by atoms with Crippen molar-refractivity contribution in [3.05, 3.63) is 99.8 Å². The molecule has 1 aliphatic rings. The average Bonchev–Trinajstić information content (AvgIpc) is 3.49. The molecule has 0 fully saturated rings. The second-order valence-electron chi connectivity index (χ2n) is 7.39. The molecule has 0 spiro atoms. The normalized spacial score (nSPS) is 16.3. The zero-order chi connectivity index (χ0) is 22.4. The van der Waals surface area contributed by atoms with Gasteiger partial charge in [-0.1, -0.05) is 28.1 Å². The number of aliphatic hydroxyl groups excluding tert-OH is 1. The molecule has 0 bridgehead atoms. The summed E-state index contributed by atoms with van der Waals surface area (Å²) in [6, 6.07) is 15.5. The Balaban J connectivity index is 1.60. The molecule has 2 N–H and O–H groups in total. The van der Waals surface area contributed by atoms with E-state index >= 15 is 0 Å². The van der Waals surface area contributed by atoms with E-state index in [1.165, 1.54) is 23.3 Å². The Hall–Kier alpha value is -3.78. The van der Waals surface area contributed by atoms with Crippen LogP contribution in [0.1, 0.15) is 27.9 Å². The summed E-state index contributed by atoms with van der Waals surface area (Å²) >= 11 is 3.39. The average molecular weight is 494 g/mol. The number of benzene rings is 2. The summed E-state index contributed by atoms with van der Waals surface area (Å²) in [6.45, 7) is 0.0469. The lowest BCUT2D eigenvalue weighted by Gasteiger charge is -2.25. The molecule has 1 unspecified atom stereocenters. The van der Waals surface area contributed by atoms with Crippen molar-refractivity contribution in [1.82, 2.24) is 4.90 Å². The Kier molecular flexibility index (Phi) is 4.86. The third-order valence-corrected chi connectivity index (χ3v) is 5.86. The van der Waals surface area contributed by atoms with Crippen LogP contribution in [0.4, 0.5) is 0 Å². The van der Waals surface area contributed by atoms with E-state index in [0.717, 1.165) is 4.47 Å². The van der Waals surface area contributed by atoms with Gasteiger partial charge in [-0.3, -0.25) is 9.59 Å². The first-order valence-electron chi connectivity index (χ1n) is 9.71. The van der Waals surface area contributed by atoms with Gasteiger partial charge < -0.3 is 23.9 Å². The van der Waals surface area contributed by atoms with Gasteiger partial charge in [-0.25, -0.2) is 0 Å². The summed E-state index contributed by atoms with van der Waals surface area (Å²) in [5.41, 5.74) is 0.967. The van der Waals surface area contributed by atoms with Gasteiger partial charge in [-0.15, -0.1) is 0 Å². The summed E-state index contributed by atoms with van der Waals surface area (Å²) in [4.78, 5) is 27.8. The molecule has 32 heavy (non-hydrogen) atoms. The number of nitrogens with zero attached hydrogens (tertiary/aromatic N) is 1. The van der Waals surface area contributed by atoms with Gasteiger partial charge in [0.1, 0.15) is 17.1 Å². The van der Waals surface area contributed by atoms with Crippen LogP contribution in [0.2, 0.25) is 0 Å². The maximum Gasteiger partial charge on any atom is 0.290 e. The highest BCUT2D eigenvalue weighted by molar-refractivity contribution is 9.10. The molecule has 0 aliphatic carbocycles. The van der Waals surface area contributed by atoms with Gasteiger partial charge in [0.15, 0.2) is 11.5 Å². The number of hydrogen-bond donors (Lipinski definition) is 2. The standard InChI is InChI=1S/C24H16BrNO6/c25-15-5-8-18-14(10-15)11-19(32-18)22(28)20-21(13-3-6-16(27)7-4-13)26(24(30)23(20)29)12-17-2-1-9-31-17/h1-11,21,27,29H,12H2. The molecule has 7 nitrogen and oxygen atoms in total. The molecule has 2 aromatic carbocycles. The van der Waals surface area contributed by atoms with Crippen molar-refractivity contribution in [3.8, 4) is 5.75 Å². The van der Waals surface area contributed by atoms with Crippen molar-refractivity contribution in [2.45, 2.75) is 12.6 Å². The van der Waals surface area contributed by atoms with Crippen LogP contribution < -0.4 is 0 Å². The lowest BCUT2D eigenvalue weighted by atomic mass is 9.95. The molecular formula is C24H16BrNO6. The Morgan fingerprint density at radius 2 is 1.84 bits per heavy atom. The third-order valence-electron chi connectivity index (χ3n) is 5.37. The highest BCUT2D eigenvalue weighted by atomic mass is 79.9. The maximum absolute atomic E-state index is 13.5. The van der Waals surface area contributed by atoms with Crippen LogP contribution in [0.3, 0.4) is 0 Å². The lowest BCUT2D eigenvalue weighted by molar-refractivity contribution is -0.130. The minimum atomic E-state index is -0.888. The highest BCUT2D eigenvalue weighted by Crippen LogP contribution is 2.41. The number of aromatic hydroxyl groups is 1. The molecule has 8 heteroatoms. The molecule has 5 rings (SSSR count). The molecule has 3 heterocycles. The number of hydrogen-bond acceptors (Lipinski definition) is 6. The number of Topliss-reactive ketones (excluding diaryl/α,β-unsaturated/α-hetero) is 1. The molecule has 1 atom stereocenters. The van der Waals surface area contributed by atoms with E-state index in [2.05, 4.69) is 15.9 Å². The minimum Gasteiger partial charge on any atom is -0.508 e. The van der Waals surface area contributed by atoms with Gasteiger partial charge in [-0.05, 0) is 54.1 Å². The molecule has 2 aromatic heterocycles. The molecule has 1 aliphatic heterocycles. The van der Waals surface area contributed by atoms with E-state index in [1.807, 2.05) is 6.07 Å². The van der Waals surface area contributed by atoms with Crippen LogP contribution in [0.15, 0.2) is 91.6 Å². The predicted octanol–water partition coefficient (Wildman–Crippen LogP) is 5.27. The maximum atomic E-state index is 13.5. The van der Waals surface area contributed by atoms with Crippen LogP contribution >= 0.6 is 15.9 Å². The molecule has 160 valence electrons.